The molecule has 0 aliphatic carbocycles. The van der Waals surface area contributed by atoms with Gasteiger partial charge in [-0.2, -0.15) is 0 Å². The van der Waals surface area contributed by atoms with Crippen molar-refractivity contribution in [3.8, 4) is 0 Å². The molecule has 2 N–H and O–H groups in total. The number of hydrogen-bond acceptors (Lipinski definition) is 5. The Balaban J connectivity index is 4.63. The normalized spacial score (nSPS) is 13.3. The van der Waals surface area contributed by atoms with Crippen LogP contribution in [0.4, 0.5) is 0 Å². The average Bonchev–Trinajstić information content (AvgIpc) is 2.14. The highest BCUT2D eigenvalue weighted by molar-refractivity contribution is 7.93. The molecule has 106 valence electrons. The average molecular weight is 281 g/mol. The molecular formula is C10H19NO6S. The maximum Gasteiger partial charge on any atom is 0.322 e. The summed E-state index contributed by atoms with van der Waals surface area (Å²) in [5, 5.41) is 9.65. The molecule has 1 amide bonds. The van der Waals surface area contributed by atoms with Crippen molar-refractivity contribution in [3.05, 3.63) is 0 Å². The van der Waals surface area contributed by atoms with E-state index in [9.17, 15) is 18.0 Å². The summed E-state index contributed by atoms with van der Waals surface area (Å²) in [4.78, 5) is 22.2. The summed E-state index contributed by atoms with van der Waals surface area (Å²) in [5.74, 6) is -3.58. The van der Waals surface area contributed by atoms with E-state index in [0.29, 0.717) is 0 Å². The molecule has 0 aromatic heterocycles. The van der Waals surface area contributed by atoms with Crippen LogP contribution in [-0.2, 0) is 24.2 Å². The third-order valence-corrected chi connectivity index (χ3v) is 4.38. The number of carbonyl (C=O) groups is 2. The molecule has 0 rings (SSSR count). The van der Waals surface area contributed by atoms with Gasteiger partial charge in [-0.1, -0.05) is 13.8 Å². The zero-order chi connectivity index (χ0) is 14.3. The number of carboxylic acids is 1. The van der Waals surface area contributed by atoms with Crippen molar-refractivity contribution in [2.24, 2.45) is 5.92 Å². The van der Waals surface area contributed by atoms with E-state index in [0.717, 1.165) is 0 Å². The molecule has 18 heavy (non-hydrogen) atoms. The minimum absolute atomic E-state index is 0.185. The smallest absolute Gasteiger partial charge is 0.322 e. The predicted molar refractivity (Wildman–Crippen MR) is 64.9 cm³/mol. The van der Waals surface area contributed by atoms with Crippen LogP contribution in [-0.4, -0.2) is 56.7 Å². The largest absolute Gasteiger partial charge is 0.480 e. The fraction of sp³-hybridized carbons (Fsp3) is 0.800. The van der Waals surface area contributed by atoms with Gasteiger partial charge in [0.25, 0.3) is 0 Å². The summed E-state index contributed by atoms with van der Waals surface area (Å²) >= 11 is 0. The Hall–Kier alpha value is -1.15. The molecule has 0 saturated heterocycles. The van der Waals surface area contributed by atoms with Crippen molar-refractivity contribution in [1.82, 2.24) is 5.32 Å². The predicted octanol–water partition coefficient (Wildman–Crippen LogP) is -0.727. The van der Waals surface area contributed by atoms with E-state index in [1.807, 2.05) is 0 Å². The maximum absolute atomic E-state index is 11.8. The number of amides is 1. The number of sulfone groups is 1. The van der Waals surface area contributed by atoms with Crippen molar-refractivity contribution in [2.45, 2.75) is 19.1 Å². The van der Waals surface area contributed by atoms with Crippen molar-refractivity contribution in [2.75, 3.05) is 26.0 Å². The molecule has 0 aliphatic heterocycles. The molecule has 1 atom stereocenters. The number of hydrogen-bond donors (Lipinski definition) is 2. The highest BCUT2D eigenvalue weighted by Crippen LogP contribution is 2.13. The van der Waals surface area contributed by atoms with E-state index in [-0.39, 0.29) is 13.2 Å². The molecule has 0 aromatic rings. The fourth-order valence-corrected chi connectivity index (χ4v) is 3.25. The lowest BCUT2D eigenvalue weighted by atomic mass is 10.1. The standard InChI is InChI=1S/C10H19NO6S/c1-7(2)9(10(13)14)18(15,16)6-8(12)11-4-5-17-3/h7,9H,4-6H2,1-3H3,(H,11,12)(H,13,14). The third kappa shape index (κ3) is 5.46. The van der Waals surface area contributed by atoms with E-state index in [4.69, 9.17) is 5.11 Å². The number of carboxylic acid groups (broad SMARTS) is 1. The number of aliphatic carboxylic acids is 1. The molecular weight excluding hydrogens is 262 g/mol. The minimum atomic E-state index is -4.01. The van der Waals surface area contributed by atoms with Crippen molar-refractivity contribution < 1.29 is 27.9 Å². The summed E-state index contributed by atoms with van der Waals surface area (Å²) < 4.78 is 28.3. The molecule has 0 radical (unpaired) electrons. The highest BCUT2D eigenvalue weighted by Gasteiger charge is 2.36. The molecule has 0 aliphatic rings. The number of ether oxygens (including phenoxy) is 1. The second kappa shape index (κ2) is 7.32. The molecule has 1 unspecified atom stereocenters. The molecule has 7 nitrogen and oxygen atoms in total. The molecule has 0 heterocycles. The van der Waals surface area contributed by atoms with E-state index in [2.05, 4.69) is 10.1 Å². The number of nitrogens with one attached hydrogen (secondary N) is 1. The number of rotatable bonds is 8. The lowest BCUT2D eigenvalue weighted by Gasteiger charge is -2.16. The molecule has 0 saturated carbocycles. The third-order valence-electron chi connectivity index (χ3n) is 2.20. The van der Waals surface area contributed by atoms with Crippen molar-refractivity contribution in [3.63, 3.8) is 0 Å². The molecule has 0 fully saturated rings. The monoisotopic (exact) mass is 281 g/mol. The number of carbonyl (C=O) groups excluding carboxylic acids is 1. The Kier molecular flexibility index (Phi) is 6.85. The van der Waals surface area contributed by atoms with Crippen LogP contribution in [0.25, 0.3) is 0 Å². The highest BCUT2D eigenvalue weighted by atomic mass is 32.2. The van der Waals surface area contributed by atoms with E-state index < -0.39 is 38.6 Å². The van der Waals surface area contributed by atoms with E-state index >= 15 is 0 Å². The Morgan fingerprint density at radius 1 is 1.33 bits per heavy atom. The van der Waals surface area contributed by atoms with Gasteiger partial charge in [-0.25, -0.2) is 8.42 Å². The fourth-order valence-electron chi connectivity index (χ4n) is 1.47. The van der Waals surface area contributed by atoms with Gasteiger partial charge >= 0.3 is 5.97 Å². The first-order valence-electron chi connectivity index (χ1n) is 5.42. The van der Waals surface area contributed by atoms with Gasteiger partial charge in [0, 0.05) is 13.7 Å². The molecule has 0 aromatic carbocycles. The van der Waals surface area contributed by atoms with Gasteiger partial charge in [0.2, 0.25) is 5.91 Å². The second-order valence-corrected chi connectivity index (χ2v) is 6.28. The minimum Gasteiger partial charge on any atom is -0.480 e. The zero-order valence-corrected chi connectivity index (χ0v) is 11.5. The van der Waals surface area contributed by atoms with Crippen LogP contribution in [0.1, 0.15) is 13.8 Å². The maximum atomic E-state index is 11.8. The van der Waals surface area contributed by atoms with Crippen LogP contribution in [0.15, 0.2) is 0 Å². The molecule has 0 spiro atoms. The first kappa shape index (κ1) is 16.9. The van der Waals surface area contributed by atoms with Gasteiger partial charge in [0.1, 0.15) is 5.75 Å². The van der Waals surface area contributed by atoms with Crippen molar-refractivity contribution in [1.29, 1.82) is 0 Å². The Bertz CT molecular complexity index is 389. The quantitative estimate of drug-likeness (QED) is 0.568. The summed E-state index contributed by atoms with van der Waals surface area (Å²) in [5.41, 5.74) is 0. The van der Waals surface area contributed by atoms with Crippen LogP contribution in [0.5, 0.6) is 0 Å². The lowest BCUT2D eigenvalue weighted by Crippen LogP contribution is -2.41. The van der Waals surface area contributed by atoms with Crippen LogP contribution in [0.2, 0.25) is 0 Å². The molecule has 8 heteroatoms. The van der Waals surface area contributed by atoms with Gasteiger partial charge in [0.05, 0.1) is 6.61 Å². The number of methoxy groups -OCH3 is 1. The Morgan fingerprint density at radius 2 is 1.89 bits per heavy atom. The van der Waals surface area contributed by atoms with Crippen LogP contribution in [0.3, 0.4) is 0 Å². The van der Waals surface area contributed by atoms with Gasteiger partial charge in [-0.15, -0.1) is 0 Å². The first-order valence-corrected chi connectivity index (χ1v) is 7.14. The van der Waals surface area contributed by atoms with E-state index in [1.165, 1.54) is 21.0 Å². The first-order chi connectivity index (χ1) is 8.22. The van der Waals surface area contributed by atoms with Crippen molar-refractivity contribution >= 4 is 21.7 Å². The second-order valence-electron chi connectivity index (χ2n) is 4.15. The Morgan fingerprint density at radius 3 is 2.28 bits per heavy atom. The SMILES string of the molecule is COCCNC(=O)CS(=O)(=O)C(C(=O)O)C(C)C. The summed E-state index contributed by atoms with van der Waals surface area (Å²) in [6, 6.07) is 0. The van der Waals surface area contributed by atoms with Crippen LogP contribution >= 0.6 is 0 Å². The van der Waals surface area contributed by atoms with Crippen LogP contribution in [0, 0.1) is 5.92 Å². The Labute approximate surface area is 106 Å². The van der Waals surface area contributed by atoms with Gasteiger partial charge in [-0.05, 0) is 5.92 Å². The van der Waals surface area contributed by atoms with Crippen LogP contribution < -0.4 is 5.32 Å². The summed E-state index contributed by atoms with van der Waals surface area (Å²) in [7, 11) is -2.56. The summed E-state index contributed by atoms with van der Waals surface area (Å²) in [6.45, 7) is 3.42. The van der Waals surface area contributed by atoms with Gasteiger partial charge < -0.3 is 15.2 Å². The van der Waals surface area contributed by atoms with Gasteiger partial charge in [-0.3, -0.25) is 9.59 Å². The molecule has 0 bridgehead atoms. The summed E-state index contributed by atoms with van der Waals surface area (Å²) in [6.07, 6.45) is 0. The van der Waals surface area contributed by atoms with E-state index in [1.54, 1.807) is 0 Å². The zero-order valence-electron chi connectivity index (χ0n) is 10.7. The lowest BCUT2D eigenvalue weighted by molar-refractivity contribution is -0.137. The van der Waals surface area contributed by atoms with Gasteiger partial charge in [0.15, 0.2) is 15.1 Å². The topological polar surface area (TPSA) is 110 Å².